The fraction of sp³-hybridized carbons (Fsp3) is 0.870. The standard InChI is InChI=1S/C54H103NO5/c1-3-5-7-9-11-13-15-17-18-19-20-21-22-23-24-25-26-27-28-29-30-31-32-33-34-35-36-38-39-41-43-45-47-51(57)53(59)50(49-56)55-54(60)52(58)48-46-44-42-40-37-16-14-12-10-8-6-4-2/h30-31,34-35,39,41,50-53,56-59H,3-29,32-33,36-38,40,42-49H2,1-2H3,(H,55,60)/b31-30+,35-34+,41-39+. The smallest absolute Gasteiger partial charge is 0.249 e. The minimum Gasteiger partial charge on any atom is -0.394 e. The van der Waals surface area contributed by atoms with Crippen LogP contribution in [0.3, 0.4) is 0 Å². The largest absolute Gasteiger partial charge is 0.394 e. The maximum atomic E-state index is 12.5. The van der Waals surface area contributed by atoms with Crippen LogP contribution >= 0.6 is 0 Å². The summed E-state index contributed by atoms with van der Waals surface area (Å²) in [5, 5.41) is 43.7. The molecular weight excluding hydrogens is 743 g/mol. The van der Waals surface area contributed by atoms with Crippen molar-refractivity contribution in [2.75, 3.05) is 6.61 Å². The summed E-state index contributed by atoms with van der Waals surface area (Å²) < 4.78 is 0. The first-order chi connectivity index (χ1) is 29.5. The Morgan fingerprint density at radius 2 is 0.700 bits per heavy atom. The van der Waals surface area contributed by atoms with Gasteiger partial charge in [-0.1, -0.05) is 243 Å². The molecule has 6 heteroatoms. The van der Waals surface area contributed by atoms with Gasteiger partial charge in [0.05, 0.1) is 18.8 Å². The van der Waals surface area contributed by atoms with Crippen molar-refractivity contribution in [1.29, 1.82) is 0 Å². The van der Waals surface area contributed by atoms with Crippen LogP contribution in [0, 0.1) is 0 Å². The third-order valence-corrected chi connectivity index (χ3v) is 12.3. The summed E-state index contributed by atoms with van der Waals surface area (Å²) in [4.78, 5) is 12.5. The van der Waals surface area contributed by atoms with Gasteiger partial charge in [0.25, 0.3) is 0 Å². The van der Waals surface area contributed by atoms with E-state index in [0.29, 0.717) is 19.3 Å². The molecule has 60 heavy (non-hydrogen) atoms. The molecule has 0 aliphatic carbocycles. The van der Waals surface area contributed by atoms with Crippen LogP contribution < -0.4 is 5.32 Å². The number of aliphatic hydroxyl groups is 4. The van der Waals surface area contributed by atoms with Crippen LogP contribution in [0.2, 0.25) is 0 Å². The summed E-state index contributed by atoms with van der Waals surface area (Å²) in [6, 6.07) is -1.01. The molecule has 0 aromatic carbocycles. The highest BCUT2D eigenvalue weighted by Crippen LogP contribution is 2.17. The lowest BCUT2D eigenvalue weighted by atomic mass is 10.00. The lowest BCUT2D eigenvalue weighted by Crippen LogP contribution is -2.53. The molecule has 5 N–H and O–H groups in total. The van der Waals surface area contributed by atoms with Crippen molar-refractivity contribution >= 4 is 5.91 Å². The summed E-state index contributed by atoms with van der Waals surface area (Å²) in [5.74, 6) is -0.599. The normalized spacial score (nSPS) is 14.2. The molecule has 0 aliphatic heterocycles. The van der Waals surface area contributed by atoms with Crippen LogP contribution in [-0.2, 0) is 4.79 Å². The van der Waals surface area contributed by atoms with Gasteiger partial charge in [-0.05, 0) is 64.2 Å². The molecule has 0 saturated carbocycles. The molecule has 6 nitrogen and oxygen atoms in total. The fourth-order valence-electron chi connectivity index (χ4n) is 8.14. The number of hydrogen-bond donors (Lipinski definition) is 5. The quantitative estimate of drug-likeness (QED) is 0.0309. The first-order valence-electron chi connectivity index (χ1n) is 26.4. The third kappa shape index (κ3) is 41.9. The van der Waals surface area contributed by atoms with Crippen molar-refractivity contribution in [1.82, 2.24) is 5.32 Å². The number of amides is 1. The van der Waals surface area contributed by atoms with Crippen molar-refractivity contribution < 1.29 is 25.2 Å². The van der Waals surface area contributed by atoms with Crippen molar-refractivity contribution in [3.8, 4) is 0 Å². The number of aliphatic hydroxyl groups excluding tert-OH is 4. The van der Waals surface area contributed by atoms with E-state index in [-0.39, 0.29) is 0 Å². The topological polar surface area (TPSA) is 110 Å². The Kier molecular flexibility index (Phi) is 47.4. The molecule has 0 aromatic heterocycles. The molecule has 0 aliphatic rings. The molecule has 0 spiro atoms. The van der Waals surface area contributed by atoms with E-state index in [2.05, 4.69) is 55.6 Å². The SMILES string of the molecule is CCCCCCCCCCCCCCCCCCCCC/C=C/CC/C=C/CC/C=C/CCCC(O)C(O)C(CO)NC(=O)C(O)CCCCCCCCCCCCCC. The predicted molar refractivity (Wildman–Crippen MR) is 260 cm³/mol. The highest BCUT2D eigenvalue weighted by Gasteiger charge is 2.28. The van der Waals surface area contributed by atoms with Crippen molar-refractivity contribution in [2.45, 2.75) is 295 Å². The van der Waals surface area contributed by atoms with E-state index in [1.54, 1.807) is 0 Å². The summed E-state index contributed by atoms with van der Waals surface area (Å²) >= 11 is 0. The summed E-state index contributed by atoms with van der Waals surface area (Å²) in [6.45, 7) is 4.04. The van der Waals surface area contributed by atoms with E-state index < -0.39 is 36.9 Å². The average Bonchev–Trinajstić information content (AvgIpc) is 3.25. The predicted octanol–water partition coefficient (Wildman–Crippen LogP) is 14.9. The Morgan fingerprint density at radius 3 is 1.05 bits per heavy atom. The monoisotopic (exact) mass is 846 g/mol. The van der Waals surface area contributed by atoms with Crippen LogP contribution in [0.4, 0.5) is 0 Å². The van der Waals surface area contributed by atoms with Crippen molar-refractivity contribution in [2.24, 2.45) is 0 Å². The number of rotatable bonds is 48. The van der Waals surface area contributed by atoms with Gasteiger partial charge in [-0.2, -0.15) is 0 Å². The third-order valence-electron chi connectivity index (χ3n) is 12.3. The molecular formula is C54H103NO5. The number of unbranched alkanes of at least 4 members (excludes halogenated alkanes) is 33. The summed E-state index contributed by atoms with van der Waals surface area (Å²) in [5.41, 5.74) is 0. The lowest BCUT2D eigenvalue weighted by Gasteiger charge is -2.27. The number of allylic oxidation sites excluding steroid dienone is 6. The van der Waals surface area contributed by atoms with Crippen molar-refractivity contribution in [3.05, 3.63) is 36.5 Å². The molecule has 1 amide bonds. The zero-order valence-electron chi connectivity index (χ0n) is 40.0. The van der Waals surface area contributed by atoms with E-state index in [1.165, 1.54) is 186 Å². The first-order valence-corrected chi connectivity index (χ1v) is 26.4. The molecule has 0 saturated heterocycles. The number of nitrogens with one attached hydrogen (secondary N) is 1. The van der Waals surface area contributed by atoms with E-state index in [1.807, 2.05) is 0 Å². The zero-order valence-corrected chi connectivity index (χ0v) is 40.0. The Morgan fingerprint density at radius 1 is 0.400 bits per heavy atom. The number of carbonyl (C=O) groups is 1. The molecule has 4 unspecified atom stereocenters. The van der Waals surface area contributed by atoms with Crippen LogP contribution in [0.25, 0.3) is 0 Å². The molecule has 0 radical (unpaired) electrons. The zero-order chi connectivity index (χ0) is 43.8. The fourth-order valence-corrected chi connectivity index (χ4v) is 8.14. The van der Waals surface area contributed by atoms with E-state index in [4.69, 9.17) is 0 Å². The second-order valence-electron chi connectivity index (χ2n) is 18.2. The second-order valence-corrected chi connectivity index (χ2v) is 18.2. The number of carbonyl (C=O) groups excluding carboxylic acids is 1. The van der Waals surface area contributed by atoms with Gasteiger partial charge in [0.15, 0.2) is 0 Å². The molecule has 354 valence electrons. The van der Waals surface area contributed by atoms with Crippen LogP contribution in [-0.4, -0.2) is 57.3 Å². The second kappa shape index (κ2) is 48.6. The van der Waals surface area contributed by atoms with Crippen molar-refractivity contribution in [3.63, 3.8) is 0 Å². The molecule has 0 aromatic rings. The molecule has 0 bridgehead atoms. The molecule has 4 atom stereocenters. The molecule has 0 heterocycles. The van der Waals surface area contributed by atoms with E-state index >= 15 is 0 Å². The molecule has 0 fully saturated rings. The maximum Gasteiger partial charge on any atom is 0.249 e. The maximum absolute atomic E-state index is 12.5. The van der Waals surface area contributed by atoms with Crippen LogP contribution in [0.5, 0.6) is 0 Å². The molecule has 0 rings (SSSR count). The minimum absolute atomic E-state index is 0.360. The van der Waals surface area contributed by atoms with Gasteiger partial charge < -0.3 is 25.7 Å². The van der Waals surface area contributed by atoms with Gasteiger partial charge in [-0.15, -0.1) is 0 Å². The van der Waals surface area contributed by atoms with Gasteiger partial charge >= 0.3 is 0 Å². The van der Waals surface area contributed by atoms with Gasteiger partial charge in [-0.25, -0.2) is 0 Å². The summed E-state index contributed by atoms with van der Waals surface area (Å²) in [6.07, 6.45) is 59.4. The highest BCUT2D eigenvalue weighted by molar-refractivity contribution is 5.80. The lowest BCUT2D eigenvalue weighted by molar-refractivity contribution is -0.132. The minimum atomic E-state index is -1.29. The highest BCUT2D eigenvalue weighted by atomic mass is 16.3. The van der Waals surface area contributed by atoms with Gasteiger partial charge in [0, 0.05) is 0 Å². The van der Waals surface area contributed by atoms with Crippen LogP contribution in [0.15, 0.2) is 36.5 Å². The first kappa shape index (κ1) is 58.5. The van der Waals surface area contributed by atoms with Gasteiger partial charge in [0.2, 0.25) is 5.91 Å². The average molecular weight is 846 g/mol. The Bertz CT molecular complexity index is 950. The van der Waals surface area contributed by atoms with Gasteiger partial charge in [-0.3, -0.25) is 4.79 Å². The van der Waals surface area contributed by atoms with Gasteiger partial charge in [0.1, 0.15) is 12.2 Å². The number of hydrogen-bond acceptors (Lipinski definition) is 5. The van der Waals surface area contributed by atoms with E-state index in [0.717, 1.165) is 51.4 Å². The Balaban J connectivity index is 3.67. The summed E-state index contributed by atoms with van der Waals surface area (Å²) in [7, 11) is 0. The van der Waals surface area contributed by atoms with E-state index in [9.17, 15) is 25.2 Å². The van der Waals surface area contributed by atoms with Crippen LogP contribution in [0.1, 0.15) is 271 Å². The Hall–Kier alpha value is -1.47. The Labute approximate surface area is 373 Å².